The van der Waals surface area contributed by atoms with Gasteiger partial charge in [-0.25, -0.2) is 0 Å². The van der Waals surface area contributed by atoms with Crippen LogP contribution in [0.15, 0.2) is 30.3 Å². The van der Waals surface area contributed by atoms with Crippen molar-refractivity contribution in [1.82, 2.24) is 0 Å². The Morgan fingerprint density at radius 3 is 2.36 bits per heavy atom. The third-order valence-electron chi connectivity index (χ3n) is 2.93. The molecule has 0 bridgehead atoms. The summed E-state index contributed by atoms with van der Waals surface area (Å²) in [4.78, 5) is 0. The molecule has 1 aromatic carbocycles. The van der Waals surface area contributed by atoms with Crippen LogP contribution in [0.3, 0.4) is 0 Å². The molecule has 0 aliphatic rings. The van der Waals surface area contributed by atoms with Gasteiger partial charge in [0, 0.05) is 12.0 Å². The van der Waals surface area contributed by atoms with Gasteiger partial charge in [-0.05, 0) is 18.9 Å². The Kier molecular flexibility index (Phi) is 3.67. The maximum atomic E-state index is 9.65. The number of benzene rings is 1. The molecule has 0 radical (unpaired) electrons. The summed E-state index contributed by atoms with van der Waals surface area (Å²) in [6, 6.07) is 10.1. The minimum absolute atomic E-state index is 0.221. The van der Waals surface area contributed by atoms with Crippen molar-refractivity contribution < 1.29 is 5.11 Å². The molecule has 0 aromatic heterocycles. The average Bonchev–Trinajstić information content (AvgIpc) is 2.19. The molecule has 0 heterocycles. The monoisotopic (exact) mass is 193 g/mol. The van der Waals surface area contributed by atoms with E-state index in [0.29, 0.717) is 6.54 Å². The van der Waals surface area contributed by atoms with Gasteiger partial charge in [0.15, 0.2) is 0 Å². The Labute approximate surface area is 85.8 Å². The zero-order valence-electron chi connectivity index (χ0n) is 8.90. The van der Waals surface area contributed by atoms with E-state index in [1.165, 1.54) is 5.56 Å². The second-order valence-corrected chi connectivity index (χ2v) is 4.20. The Morgan fingerprint density at radius 2 is 1.93 bits per heavy atom. The van der Waals surface area contributed by atoms with E-state index in [-0.39, 0.29) is 11.5 Å². The number of hydrogen-bond acceptors (Lipinski definition) is 2. The summed E-state index contributed by atoms with van der Waals surface area (Å²) in [6.07, 6.45) is 0.440. The molecule has 2 nitrogen and oxygen atoms in total. The maximum absolute atomic E-state index is 9.65. The van der Waals surface area contributed by atoms with Gasteiger partial charge in [-0.3, -0.25) is 0 Å². The summed E-state index contributed by atoms with van der Waals surface area (Å²) in [7, 11) is 0. The largest absolute Gasteiger partial charge is 0.393 e. The van der Waals surface area contributed by atoms with E-state index >= 15 is 0 Å². The highest BCUT2D eigenvalue weighted by molar-refractivity contribution is 5.16. The van der Waals surface area contributed by atoms with Crippen molar-refractivity contribution in [1.29, 1.82) is 0 Å². The van der Waals surface area contributed by atoms with Crippen molar-refractivity contribution >= 4 is 0 Å². The van der Waals surface area contributed by atoms with E-state index in [2.05, 4.69) is 12.1 Å². The van der Waals surface area contributed by atoms with Crippen LogP contribution in [0.1, 0.15) is 19.4 Å². The van der Waals surface area contributed by atoms with Crippen molar-refractivity contribution in [3.8, 4) is 0 Å². The lowest BCUT2D eigenvalue weighted by molar-refractivity contribution is 0.0589. The molecule has 2 unspecified atom stereocenters. The van der Waals surface area contributed by atoms with Crippen LogP contribution >= 0.6 is 0 Å². The molecule has 0 saturated carbocycles. The van der Waals surface area contributed by atoms with Crippen LogP contribution in [-0.4, -0.2) is 17.8 Å². The highest BCUT2D eigenvalue weighted by Gasteiger charge is 2.28. The van der Waals surface area contributed by atoms with Gasteiger partial charge < -0.3 is 10.8 Å². The molecular weight excluding hydrogens is 174 g/mol. The first kappa shape index (κ1) is 11.2. The van der Waals surface area contributed by atoms with E-state index in [0.717, 1.165) is 6.42 Å². The summed E-state index contributed by atoms with van der Waals surface area (Å²) >= 11 is 0. The lowest BCUT2D eigenvalue weighted by Crippen LogP contribution is -2.39. The fourth-order valence-corrected chi connectivity index (χ4v) is 1.45. The molecule has 1 rings (SSSR count). The summed E-state index contributed by atoms with van der Waals surface area (Å²) in [5.41, 5.74) is 6.70. The lowest BCUT2D eigenvalue weighted by Gasteiger charge is -2.31. The van der Waals surface area contributed by atoms with E-state index in [4.69, 9.17) is 5.73 Å². The van der Waals surface area contributed by atoms with Crippen LogP contribution in [0.5, 0.6) is 0 Å². The van der Waals surface area contributed by atoms with E-state index < -0.39 is 0 Å². The second kappa shape index (κ2) is 4.58. The molecule has 0 amide bonds. The van der Waals surface area contributed by atoms with Gasteiger partial charge >= 0.3 is 0 Å². The first-order chi connectivity index (χ1) is 6.58. The fraction of sp³-hybridized carbons (Fsp3) is 0.500. The predicted octanol–water partition coefficient (Wildman–Crippen LogP) is 1.57. The van der Waals surface area contributed by atoms with Crippen molar-refractivity contribution in [3.63, 3.8) is 0 Å². The number of aliphatic hydroxyl groups is 1. The van der Waals surface area contributed by atoms with E-state index in [1.807, 2.05) is 25.1 Å². The van der Waals surface area contributed by atoms with Gasteiger partial charge in [0.2, 0.25) is 0 Å². The summed E-state index contributed by atoms with van der Waals surface area (Å²) < 4.78 is 0. The van der Waals surface area contributed by atoms with Gasteiger partial charge in [-0.15, -0.1) is 0 Å². The molecule has 0 spiro atoms. The van der Waals surface area contributed by atoms with Crippen LogP contribution in [0, 0.1) is 5.41 Å². The lowest BCUT2D eigenvalue weighted by atomic mass is 9.79. The Hall–Kier alpha value is -0.860. The molecule has 0 fully saturated rings. The van der Waals surface area contributed by atoms with Gasteiger partial charge in [0.1, 0.15) is 0 Å². The van der Waals surface area contributed by atoms with Gasteiger partial charge in [-0.1, -0.05) is 37.3 Å². The Bertz CT molecular complexity index is 271. The third-order valence-corrected chi connectivity index (χ3v) is 2.93. The summed E-state index contributed by atoms with van der Waals surface area (Å²) in [6.45, 7) is 4.32. The second-order valence-electron chi connectivity index (χ2n) is 4.20. The molecular formula is C12H19NO. The van der Waals surface area contributed by atoms with Gasteiger partial charge in [0.05, 0.1) is 6.10 Å². The number of aliphatic hydroxyl groups excluding tert-OH is 1. The highest BCUT2D eigenvalue weighted by Crippen LogP contribution is 2.25. The van der Waals surface area contributed by atoms with Crippen molar-refractivity contribution in [2.45, 2.75) is 26.4 Å². The molecule has 14 heavy (non-hydrogen) atoms. The van der Waals surface area contributed by atoms with Gasteiger partial charge in [-0.2, -0.15) is 0 Å². The molecule has 78 valence electrons. The SMILES string of the molecule is CC(O)C(C)(CN)Cc1ccccc1. The molecule has 0 saturated heterocycles. The predicted molar refractivity (Wildman–Crippen MR) is 59.0 cm³/mol. The first-order valence-electron chi connectivity index (χ1n) is 5.00. The number of nitrogens with two attached hydrogens (primary N) is 1. The van der Waals surface area contributed by atoms with Crippen LogP contribution < -0.4 is 5.73 Å². The third kappa shape index (κ3) is 2.56. The van der Waals surface area contributed by atoms with E-state index in [9.17, 15) is 5.11 Å². The van der Waals surface area contributed by atoms with Crippen LogP contribution in [0.4, 0.5) is 0 Å². The van der Waals surface area contributed by atoms with Gasteiger partial charge in [0.25, 0.3) is 0 Å². The quantitative estimate of drug-likeness (QED) is 0.762. The smallest absolute Gasteiger partial charge is 0.0580 e. The van der Waals surface area contributed by atoms with Crippen molar-refractivity contribution in [3.05, 3.63) is 35.9 Å². The standard InChI is InChI=1S/C12H19NO/c1-10(14)12(2,9-13)8-11-6-4-3-5-7-11/h3-7,10,14H,8-9,13H2,1-2H3. The van der Waals surface area contributed by atoms with Crippen LogP contribution in [0.25, 0.3) is 0 Å². The fourth-order valence-electron chi connectivity index (χ4n) is 1.45. The number of hydrogen-bond donors (Lipinski definition) is 2. The topological polar surface area (TPSA) is 46.2 Å². The first-order valence-corrected chi connectivity index (χ1v) is 5.00. The molecule has 2 atom stereocenters. The van der Waals surface area contributed by atoms with Crippen LogP contribution in [-0.2, 0) is 6.42 Å². The van der Waals surface area contributed by atoms with Crippen molar-refractivity contribution in [2.75, 3.05) is 6.54 Å². The van der Waals surface area contributed by atoms with Crippen molar-refractivity contribution in [2.24, 2.45) is 11.1 Å². The Balaban J connectivity index is 2.76. The molecule has 3 N–H and O–H groups in total. The molecule has 1 aromatic rings. The molecule has 0 aliphatic carbocycles. The molecule has 2 heteroatoms. The maximum Gasteiger partial charge on any atom is 0.0580 e. The average molecular weight is 193 g/mol. The normalized spacial score (nSPS) is 17.4. The minimum Gasteiger partial charge on any atom is -0.393 e. The zero-order valence-corrected chi connectivity index (χ0v) is 8.90. The Morgan fingerprint density at radius 1 is 1.36 bits per heavy atom. The highest BCUT2D eigenvalue weighted by atomic mass is 16.3. The number of rotatable bonds is 4. The zero-order chi connectivity index (χ0) is 10.6. The summed E-state index contributed by atoms with van der Waals surface area (Å²) in [5.74, 6) is 0. The molecule has 0 aliphatic heterocycles. The van der Waals surface area contributed by atoms with Crippen LogP contribution in [0.2, 0.25) is 0 Å². The minimum atomic E-state index is -0.382. The van der Waals surface area contributed by atoms with E-state index in [1.54, 1.807) is 6.92 Å². The summed E-state index contributed by atoms with van der Waals surface area (Å²) in [5, 5.41) is 9.65.